The van der Waals surface area contributed by atoms with E-state index in [0.717, 1.165) is 16.5 Å². The molecule has 0 bridgehead atoms. The van der Waals surface area contributed by atoms with Gasteiger partial charge >= 0.3 is 0 Å². The van der Waals surface area contributed by atoms with Crippen molar-refractivity contribution in [3.8, 4) is 0 Å². The van der Waals surface area contributed by atoms with Gasteiger partial charge in [-0.25, -0.2) is 0 Å². The van der Waals surface area contributed by atoms with E-state index >= 15 is 0 Å². The van der Waals surface area contributed by atoms with E-state index in [2.05, 4.69) is 0 Å². The Bertz CT molecular complexity index is 596. The van der Waals surface area contributed by atoms with Gasteiger partial charge in [-0.3, -0.25) is 10.1 Å². The molecule has 0 saturated carbocycles. The van der Waals surface area contributed by atoms with E-state index in [1.165, 1.54) is 0 Å². The molecule has 0 aliphatic rings. The molecule has 0 radical (unpaired) electrons. The van der Waals surface area contributed by atoms with Gasteiger partial charge in [-0.15, -0.1) is 0 Å². The van der Waals surface area contributed by atoms with Gasteiger partial charge in [-0.2, -0.15) is 0 Å². The highest BCUT2D eigenvalue weighted by molar-refractivity contribution is 5.89. The van der Waals surface area contributed by atoms with Crippen molar-refractivity contribution in [2.75, 3.05) is 0 Å². The van der Waals surface area contributed by atoms with Gasteiger partial charge < -0.3 is 4.57 Å². The van der Waals surface area contributed by atoms with E-state index in [9.17, 15) is 10.1 Å². The van der Waals surface area contributed by atoms with Crippen LogP contribution in [0.25, 0.3) is 17.0 Å². The number of hydrogen-bond donors (Lipinski definition) is 0. The third kappa shape index (κ3) is 2.06. The lowest BCUT2D eigenvalue weighted by Crippen LogP contribution is -1.96. The Balaban J connectivity index is 2.60. The quantitative estimate of drug-likeness (QED) is 0.600. The molecular weight excluding hydrogens is 216 g/mol. The van der Waals surface area contributed by atoms with E-state index in [1.54, 1.807) is 13.0 Å². The minimum absolute atomic E-state index is 0.237. The molecule has 2 aromatic rings. The van der Waals surface area contributed by atoms with Gasteiger partial charge in [-0.1, -0.05) is 25.1 Å². The first kappa shape index (κ1) is 11.4. The zero-order valence-corrected chi connectivity index (χ0v) is 9.88. The van der Waals surface area contributed by atoms with Gasteiger partial charge in [0.2, 0.25) is 5.70 Å². The molecular formula is C13H14N2O2. The highest BCUT2D eigenvalue weighted by atomic mass is 16.6. The summed E-state index contributed by atoms with van der Waals surface area (Å²) in [4.78, 5) is 10.5. The zero-order valence-electron chi connectivity index (χ0n) is 9.88. The zero-order chi connectivity index (χ0) is 12.4. The molecule has 2 rings (SSSR count). The van der Waals surface area contributed by atoms with Crippen molar-refractivity contribution in [3.63, 3.8) is 0 Å². The van der Waals surface area contributed by atoms with Crippen molar-refractivity contribution in [1.82, 2.24) is 4.57 Å². The number of rotatable bonds is 3. The monoisotopic (exact) mass is 230 g/mol. The first-order chi connectivity index (χ1) is 8.13. The average molecular weight is 230 g/mol. The molecule has 17 heavy (non-hydrogen) atoms. The summed E-state index contributed by atoms with van der Waals surface area (Å²) in [7, 11) is 1.94. The molecule has 1 aromatic heterocycles. The predicted octanol–water partition coefficient (Wildman–Crippen LogP) is 3.21. The van der Waals surface area contributed by atoms with Crippen LogP contribution in [0.3, 0.4) is 0 Å². The maximum absolute atomic E-state index is 10.8. The maximum Gasteiger partial charge on any atom is 0.246 e. The summed E-state index contributed by atoms with van der Waals surface area (Å²) in [6.45, 7) is 1.79. The number of fused-ring (bicyclic) bond motifs is 1. The highest BCUT2D eigenvalue weighted by Gasteiger charge is 2.10. The Kier molecular flexibility index (Phi) is 2.95. The topological polar surface area (TPSA) is 48.1 Å². The molecule has 0 saturated heterocycles. The minimum Gasteiger partial charge on any atom is -0.350 e. The summed E-state index contributed by atoms with van der Waals surface area (Å²) >= 11 is 0. The van der Waals surface area contributed by atoms with Crippen LogP contribution in [-0.2, 0) is 7.05 Å². The van der Waals surface area contributed by atoms with Crippen LogP contribution in [0, 0.1) is 10.1 Å². The maximum atomic E-state index is 10.8. The molecule has 4 heteroatoms. The van der Waals surface area contributed by atoms with E-state index in [1.807, 2.05) is 42.1 Å². The van der Waals surface area contributed by atoms with Crippen molar-refractivity contribution in [2.45, 2.75) is 13.3 Å². The third-order valence-corrected chi connectivity index (χ3v) is 2.85. The third-order valence-electron chi connectivity index (χ3n) is 2.85. The Morgan fingerprint density at radius 1 is 1.47 bits per heavy atom. The number of nitro groups is 1. The summed E-state index contributed by atoms with van der Waals surface area (Å²) in [6, 6.07) is 7.89. The van der Waals surface area contributed by atoms with E-state index < -0.39 is 0 Å². The first-order valence-electron chi connectivity index (χ1n) is 5.52. The smallest absolute Gasteiger partial charge is 0.246 e. The molecule has 1 heterocycles. The molecule has 0 aliphatic carbocycles. The van der Waals surface area contributed by atoms with Crippen LogP contribution in [0.1, 0.15) is 18.9 Å². The molecule has 88 valence electrons. The molecule has 0 fully saturated rings. The fourth-order valence-electron chi connectivity index (χ4n) is 1.95. The fraction of sp³-hybridized carbons (Fsp3) is 0.231. The summed E-state index contributed by atoms with van der Waals surface area (Å²) in [5.41, 5.74) is 2.22. The van der Waals surface area contributed by atoms with Gasteiger partial charge in [0, 0.05) is 42.2 Å². The molecule has 4 nitrogen and oxygen atoms in total. The van der Waals surface area contributed by atoms with Crippen LogP contribution in [0.4, 0.5) is 0 Å². The highest BCUT2D eigenvalue weighted by Crippen LogP contribution is 2.23. The van der Waals surface area contributed by atoms with Crippen molar-refractivity contribution >= 4 is 17.0 Å². The molecule has 0 unspecified atom stereocenters. The Hall–Kier alpha value is -2.10. The van der Waals surface area contributed by atoms with Crippen LogP contribution < -0.4 is 0 Å². The average Bonchev–Trinajstić information content (AvgIpc) is 2.63. The van der Waals surface area contributed by atoms with Crippen molar-refractivity contribution in [2.24, 2.45) is 7.05 Å². The molecule has 0 N–H and O–H groups in total. The van der Waals surface area contributed by atoms with Gasteiger partial charge in [-0.05, 0) is 6.07 Å². The van der Waals surface area contributed by atoms with Gasteiger partial charge in [0.25, 0.3) is 0 Å². The van der Waals surface area contributed by atoms with Crippen LogP contribution >= 0.6 is 0 Å². The number of allylic oxidation sites excluding steroid dienone is 1. The fourth-order valence-corrected chi connectivity index (χ4v) is 1.95. The molecule has 0 atom stereocenters. The summed E-state index contributed by atoms with van der Waals surface area (Å²) in [6.07, 6.45) is 4.00. The van der Waals surface area contributed by atoms with E-state index in [4.69, 9.17) is 0 Å². The molecule has 0 amide bonds. The lowest BCUT2D eigenvalue weighted by atomic mass is 10.1. The summed E-state index contributed by atoms with van der Waals surface area (Å²) in [5.74, 6) is 0. The largest absolute Gasteiger partial charge is 0.350 e. The molecule has 0 aliphatic heterocycles. The van der Waals surface area contributed by atoms with Crippen molar-refractivity contribution < 1.29 is 4.92 Å². The number of aromatic nitrogens is 1. The lowest BCUT2D eigenvalue weighted by molar-refractivity contribution is -0.425. The molecule has 1 aromatic carbocycles. The number of aryl methyl sites for hydroxylation is 1. The standard InChI is InChI=1S/C13H14N2O2/c1-3-11(15(16)17)8-10-9-14(2)13-7-5-4-6-12(10)13/h4-9H,3H2,1-2H3/b11-8-. The van der Waals surface area contributed by atoms with Crippen LogP contribution in [-0.4, -0.2) is 9.49 Å². The number of nitrogens with zero attached hydrogens (tertiary/aromatic N) is 2. The second kappa shape index (κ2) is 4.41. The van der Waals surface area contributed by atoms with Gasteiger partial charge in [0.15, 0.2) is 0 Å². The second-order valence-corrected chi connectivity index (χ2v) is 3.96. The summed E-state index contributed by atoms with van der Waals surface area (Å²) < 4.78 is 1.98. The van der Waals surface area contributed by atoms with Crippen molar-refractivity contribution in [3.05, 3.63) is 51.8 Å². The summed E-state index contributed by atoms with van der Waals surface area (Å²) in [5, 5.41) is 11.9. The van der Waals surface area contributed by atoms with E-state index in [0.29, 0.717) is 6.42 Å². The predicted molar refractivity (Wildman–Crippen MR) is 68.2 cm³/mol. The lowest BCUT2D eigenvalue weighted by Gasteiger charge is -1.94. The SMILES string of the molecule is CC/C(=C/c1cn(C)c2ccccc12)[N+](=O)[O-]. The van der Waals surface area contributed by atoms with Crippen LogP contribution in [0.15, 0.2) is 36.2 Å². The van der Waals surface area contributed by atoms with Crippen LogP contribution in [0.5, 0.6) is 0 Å². The number of para-hydroxylation sites is 1. The van der Waals surface area contributed by atoms with Gasteiger partial charge in [0.05, 0.1) is 4.92 Å². The Morgan fingerprint density at radius 2 is 2.18 bits per heavy atom. The van der Waals surface area contributed by atoms with Gasteiger partial charge in [0.1, 0.15) is 0 Å². The number of hydrogen-bond acceptors (Lipinski definition) is 2. The minimum atomic E-state index is -0.318. The van der Waals surface area contributed by atoms with E-state index in [-0.39, 0.29) is 10.6 Å². The molecule has 0 spiro atoms. The Labute approximate surface area is 99.3 Å². The number of benzene rings is 1. The Morgan fingerprint density at radius 3 is 2.82 bits per heavy atom. The second-order valence-electron chi connectivity index (χ2n) is 3.96. The van der Waals surface area contributed by atoms with Crippen LogP contribution in [0.2, 0.25) is 0 Å². The first-order valence-corrected chi connectivity index (χ1v) is 5.52. The normalized spacial score (nSPS) is 12.0. The van der Waals surface area contributed by atoms with Crippen molar-refractivity contribution in [1.29, 1.82) is 0 Å².